The van der Waals surface area contributed by atoms with Crippen LogP contribution in [-0.2, 0) is 0 Å². The molecule has 1 heterocycles. The molecule has 3 heteroatoms. The second-order valence-corrected chi connectivity index (χ2v) is 14.0. The van der Waals surface area contributed by atoms with Gasteiger partial charge in [-0.25, -0.2) is 0 Å². The Balaban J connectivity index is 1.73. The summed E-state index contributed by atoms with van der Waals surface area (Å²) in [5.41, 5.74) is 0.989. The molecule has 7 atom stereocenters. The summed E-state index contributed by atoms with van der Waals surface area (Å²) < 4.78 is 0. The summed E-state index contributed by atoms with van der Waals surface area (Å²) in [6.45, 7) is 5.23. The van der Waals surface area contributed by atoms with Gasteiger partial charge >= 0.3 is 0 Å². The molecule has 1 aliphatic heterocycles. The van der Waals surface area contributed by atoms with Crippen LogP contribution in [0.3, 0.4) is 0 Å². The first-order chi connectivity index (χ1) is 10.6. The first-order valence-corrected chi connectivity index (χ1v) is 13.0. The van der Waals surface area contributed by atoms with Gasteiger partial charge in [0.25, 0.3) is 0 Å². The number of nitrogens with one attached hydrogen (secondary N) is 1. The predicted molar refractivity (Wildman–Crippen MR) is 96.5 cm³/mol. The standard InChI is InChI=1S/C19H36N2Si/c1-20-22(3,4)19-14-10-6-5-9-13(14)17-15-11-7-8-12-16(15)21(2)18(17)19/h13-20H,5-12H2,1-4H3. The van der Waals surface area contributed by atoms with Gasteiger partial charge in [-0.15, -0.1) is 0 Å². The van der Waals surface area contributed by atoms with E-state index in [-0.39, 0.29) is 0 Å². The number of hydrogen-bond donors (Lipinski definition) is 1. The molecular weight excluding hydrogens is 284 g/mol. The van der Waals surface area contributed by atoms with Gasteiger partial charge in [0.2, 0.25) is 0 Å². The number of rotatable bonds is 2. The molecule has 0 amide bonds. The van der Waals surface area contributed by atoms with Crippen LogP contribution >= 0.6 is 0 Å². The smallest absolute Gasteiger partial charge is 0.124 e. The third-order valence-electron chi connectivity index (χ3n) is 8.34. The maximum absolute atomic E-state index is 3.84. The summed E-state index contributed by atoms with van der Waals surface area (Å²) in [4.78, 5) is 6.75. The predicted octanol–water partition coefficient (Wildman–Crippen LogP) is 4.09. The van der Waals surface area contributed by atoms with Crippen LogP contribution in [0.25, 0.3) is 0 Å². The molecule has 7 unspecified atom stereocenters. The van der Waals surface area contributed by atoms with E-state index < -0.39 is 8.24 Å². The number of likely N-dealkylation sites (tertiary alicyclic amines) is 1. The molecule has 1 N–H and O–H groups in total. The third-order valence-corrected chi connectivity index (χ3v) is 12.1. The van der Waals surface area contributed by atoms with Gasteiger partial charge in [0.1, 0.15) is 8.24 Å². The zero-order chi connectivity index (χ0) is 15.5. The summed E-state index contributed by atoms with van der Waals surface area (Å²) >= 11 is 0. The van der Waals surface area contributed by atoms with Crippen LogP contribution in [0.5, 0.6) is 0 Å². The Morgan fingerprint density at radius 3 is 2.14 bits per heavy atom. The maximum atomic E-state index is 3.84. The molecule has 0 radical (unpaired) electrons. The fourth-order valence-electron chi connectivity index (χ4n) is 7.40. The second kappa shape index (κ2) is 5.60. The van der Waals surface area contributed by atoms with E-state index in [1.54, 1.807) is 6.42 Å². The highest BCUT2D eigenvalue weighted by atomic mass is 28.3. The van der Waals surface area contributed by atoms with E-state index in [0.29, 0.717) is 0 Å². The van der Waals surface area contributed by atoms with Crippen molar-refractivity contribution in [2.75, 3.05) is 14.1 Å². The van der Waals surface area contributed by atoms with Crippen molar-refractivity contribution in [3.63, 3.8) is 0 Å². The SMILES string of the molecule is CN[Si](C)(C)C1C2CCCCC2C2C3CCCCC3N(C)C21. The molecule has 126 valence electrons. The average Bonchev–Trinajstić information content (AvgIpc) is 3.02. The molecule has 0 bridgehead atoms. The quantitative estimate of drug-likeness (QED) is 0.771. The van der Waals surface area contributed by atoms with Crippen LogP contribution in [0.2, 0.25) is 18.6 Å². The van der Waals surface area contributed by atoms with E-state index in [2.05, 4.69) is 37.1 Å². The highest BCUT2D eigenvalue weighted by Gasteiger charge is 2.63. The lowest BCUT2D eigenvalue weighted by Gasteiger charge is -2.43. The first-order valence-electron chi connectivity index (χ1n) is 9.97. The zero-order valence-corrected chi connectivity index (χ0v) is 16.1. The monoisotopic (exact) mass is 320 g/mol. The van der Waals surface area contributed by atoms with Gasteiger partial charge < -0.3 is 4.98 Å². The Morgan fingerprint density at radius 2 is 1.45 bits per heavy atom. The van der Waals surface area contributed by atoms with Crippen molar-refractivity contribution < 1.29 is 0 Å². The van der Waals surface area contributed by atoms with Crippen molar-refractivity contribution in [1.29, 1.82) is 0 Å². The Labute approximate surface area is 138 Å². The van der Waals surface area contributed by atoms with Gasteiger partial charge in [-0.1, -0.05) is 45.2 Å². The van der Waals surface area contributed by atoms with Gasteiger partial charge in [0, 0.05) is 12.1 Å². The van der Waals surface area contributed by atoms with Crippen molar-refractivity contribution in [3.05, 3.63) is 0 Å². The summed E-state index contributed by atoms with van der Waals surface area (Å²) in [6, 6.07) is 1.84. The minimum Gasteiger partial charge on any atom is -0.340 e. The van der Waals surface area contributed by atoms with E-state index in [0.717, 1.165) is 41.3 Å². The molecule has 4 aliphatic rings. The summed E-state index contributed by atoms with van der Waals surface area (Å²) in [5, 5.41) is 0. The van der Waals surface area contributed by atoms with Gasteiger partial charge in [-0.05, 0) is 62.6 Å². The zero-order valence-electron chi connectivity index (χ0n) is 15.1. The van der Waals surface area contributed by atoms with Gasteiger partial charge in [0.15, 0.2) is 0 Å². The van der Waals surface area contributed by atoms with E-state index in [9.17, 15) is 0 Å². The van der Waals surface area contributed by atoms with Crippen LogP contribution < -0.4 is 4.98 Å². The van der Waals surface area contributed by atoms with E-state index in [1.165, 1.54) is 44.9 Å². The minimum atomic E-state index is -1.34. The number of hydrogen-bond acceptors (Lipinski definition) is 2. The summed E-state index contributed by atoms with van der Waals surface area (Å²) in [5.74, 6) is 4.20. The Bertz CT molecular complexity index is 424. The fraction of sp³-hybridized carbons (Fsp3) is 1.00. The molecule has 3 aliphatic carbocycles. The molecular formula is C19H36N2Si. The molecule has 0 aromatic heterocycles. The minimum absolute atomic E-state index is 0.912. The van der Waals surface area contributed by atoms with Crippen LogP contribution in [0.15, 0.2) is 0 Å². The lowest BCUT2D eigenvalue weighted by Crippen LogP contribution is -2.54. The highest BCUT2D eigenvalue weighted by molar-refractivity contribution is 6.76. The molecule has 0 aromatic rings. The maximum Gasteiger partial charge on any atom is 0.124 e. The van der Waals surface area contributed by atoms with Crippen LogP contribution in [-0.4, -0.2) is 39.3 Å². The molecule has 3 saturated carbocycles. The summed E-state index contributed by atoms with van der Waals surface area (Å²) in [7, 11) is 3.41. The highest BCUT2D eigenvalue weighted by Crippen LogP contribution is 2.63. The molecule has 4 fully saturated rings. The van der Waals surface area contributed by atoms with Crippen LogP contribution in [0.1, 0.15) is 51.4 Å². The molecule has 22 heavy (non-hydrogen) atoms. The van der Waals surface area contributed by atoms with Crippen LogP contribution in [0.4, 0.5) is 0 Å². The first kappa shape index (κ1) is 15.7. The lowest BCUT2D eigenvalue weighted by atomic mass is 9.70. The van der Waals surface area contributed by atoms with Gasteiger partial charge in [-0.3, -0.25) is 4.90 Å². The second-order valence-electron chi connectivity index (χ2n) is 9.36. The van der Waals surface area contributed by atoms with Gasteiger partial charge in [-0.2, -0.15) is 0 Å². The van der Waals surface area contributed by atoms with Crippen molar-refractivity contribution in [1.82, 2.24) is 9.88 Å². The Hall–Kier alpha value is 0.137. The van der Waals surface area contributed by atoms with Crippen molar-refractivity contribution in [2.45, 2.75) is 82.1 Å². The van der Waals surface area contributed by atoms with Crippen molar-refractivity contribution >= 4 is 8.24 Å². The van der Waals surface area contributed by atoms with Crippen LogP contribution in [0, 0.1) is 23.7 Å². The van der Waals surface area contributed by atoms with Gasteiger partial charge in [0.05, 0.1) is 0 Å². The van der Waals surface area contributed by atoms with Crippen molar-refractivity contribution in [3.8, 4) is 0 Å². The van der Waals surface area contributed by atoms with E-state index >= 15 is 0 Å². The molecule has 0 spiro atoms. The fourth-order valence-corrected chi connectivity index (χ4v) is 10.5. The Morgan fingerprint density at radius 1 is 0.864 bits per heavy atom. The lowest BCUT2D eigenvalue weighted by molar-refractivity contribution is 0.136. The topological polar surface area (TPSA) is 15.3 Å². The molecule has 2 nitrogen and oxygen atoms in total. The van der Waals surface area contributed by atoms with Crippen molar-refractivity contribution in [2.24, 2.45) is 23.7 Å². The number of fused-ring (bicyclic) bond motifs is 5. The Kier molecular flexibility index (Phi) is 3.98. The largest absolute Gasteiger partial charge is 0.340 e. The third kappa shape index (κ3) is 2.11. The van der Waals surface area contributed by atoms with E-state index in [1.807, 2.05) is 0 Å². The molecule has 1 saturated heterocycles. The molecule has 0 aromatic carbocycles. The summed E-state index contributed by atoms with van der Waals surface area (Å²) in [6.07, 6.45) is 12.1. The van der Waals surface area contributed by atoms with E-state index in [4.69, 9.17) is 0 Å². The average molecular weight is 321 g/mol. The number of nitrogens with zero attached hydrogens (tertiary/aromatic N) is 1. The molecule has 4 rings (SSSR count). The normalized spacial score (nSPS) is 48.8.